The highest BCUT2D eigenvalue weighted by atomic mass is 16.6. The van der Waals surface area contributed by atoms with Gasteiger partial charge in [0.25, 0.3) is 5.69 Å². The molecule has 1 aliphatic rings. The van der Waals surface area contributed by atoms with E-state index in [1.807, 2.05) is 0 Å². The van der Waals surface area contributed by atoms with Gasteiger partial charge in [-0.3, -0.25) is 19.7 Å². The molecule has 2 aromatic carbocycles. The van der Waals surface area contributed by atoms with Gasteiger partial charge in [-0.05, 0) is 18.2 Å². The third kappa shape index (κ3) is 4.12. The Morgan fingerprint density at radius 2 is 1.83 bits per heavy atom. The van der Waals surface area contributed by atoms with Gasteiger partial charge in [-0.25, -0.2) is 0 Å². The lowest BCUT2D eigenvalue weighted by atomic mass is 10.1. The Hall–Kier alpha value is -3.82. The van der Waals surface area contributed by atoms with Crippen molar-refractivity contribution in [3.63, 3.8) is 0 Å². The second-order valence-corrected chi connectivity index (χ2v) is 6.57. The van der Waals surface area contributed by atoms with Crippen LogP contribution in [0.3, 0.4) is 0 Å². The van der Waals surface area contributed by atoms with E-state index < -0.39 is 10.8 Å². The first-order valence-electron chi connectivity index (χ1n) is 9.03. The number of rotatable bonds is 7. The minimum Gasteiger partial charge on any atom is -0.497 e. The van der Waals surface area contributed by atoms with E-state index >= 15 is 0 Å². The Labute approximate surface area is 172 Å². The predicted molar refractivity (Wildman–Crippen MR) is 108 cm³/mol. The fourth-order valence-corrected chi connectivity index (χ4v) is 3.26. The lowest BCUT2D eigenvalue weighted by molar-refractivity contribution is -0.384. The molecule has 1 saturated heterocycles. The standard InChI is InChI=1S/C20H21N3O7/c1-28-14-5-7-17(29-2)16(10-14)22-11-12(8-19(22)24)20(25)21-15-6-4-13(23(26)27)9-18(15)30-3/h4-7,9-10,12H,8,11H2,1-3H3,(H,21,25)/t12-/m1/s1. The summed E-state index contributed by atoms with van der Waals surface area (Å²) in [7, 11) is 4.37. The number of anilines is 2. The minimum atomic E-state index is -0.617. The van der Waals surface area contributed by atoms with Gasteiger partial charge in [0.1, 0.15) is 17.2 Å². The summed E-state index contributed by atoms with van der Waals surface area (Å²) in [5.41, 5.74) is 0.653. The third-order valence-electron chi connectivity index (χ3n) is 4.83. The van der Waals surface area contributed by atoms with Crippen molar-refractivity contribution in [2.45, 2.75) is 6.42 Å². The number of nitrogens with zero attached hydrogens (tertiary/aromatic N) is 2. The smallest absolute Gasteiger partial charge is 0.273 e. The van der Waals surface area contributed by atoms with Gasteiger partial charge in [0, 0.05) is 25.1 Å². The van der Waals surface area contributed by atoms with Crippen LogP contribution < -0.4 is 24.4 Å². The molecule has 0 spiro atoms. The topological polar surface area (TPSA) is 120 Å². The average Bonchev–Trinajstić information content (AvgIpc) is 3.14. The summed E-state index contributed by atoms with van der Waals surface area (Å²) in [6.45, 7) is 0.156. The monoisotopic (exact) mass is 415 g/mol. The minimum absolute atomic E-state index is 0.0154. The zero-order valence-electron chi connectivity index (χ0n) is 16.7. The van der Waals surface area contributed by atoms with E-state index in [-0.39, 0.29) is 41.9 Å². The maximum Gasteiger partial charge on any atom is 0.273 e. The van der Waals surface area contributed by atoms with E-state index in [4.69, 9.17) is 14.2 Å². The molecule has 1 aliphatic heterocycles. The number of hydrogen-bond donors (Lipinski definition) is 1. The van der Waals surface area contributed by atoms with Crippen molar-refractivity contribution in [3.8, 4) is 17.2 Å². The highest BCUT2D eigenvalue weighted by molar-refractivity contribution is 6.04. The quantitative estimate of drug-likeness (QED) is 0.545. The molecule has 10 nitrogen and oxygen atoms in total. The highest BCUT2D eigenvalue weighted by Crippen LogP contribution is 2.36. The number of amides is 2. The zero-order chi connectivity index (χ0) is 21.8. The summed E-state index contributed by atoms with van der Waals surface area (Å²) < 4.78 is 15.7. The summed E-state index contributed by atoms with van der Waals surface area (Å²) in [6, 6.07) is 8.98. The van der Waals surface area contributed by atoms with Crippen LogP contribution in [0.1, 0.15) is 6.42 Å². The number of nitro benzene ring substituents is 1. The molecule has 10 heteroatoms. The van der Waals surface area contributed by atoms with Crippen molar-refractivity contribution in [1.29, 1.82) is 0 Å². The van der Waals surface area contributed by atoms with Gasteiger partial charge >= 0.3 is 0 Å². The Bertz CT molecular complexity index is 992. The number of methoxy groups -OCH3 is 3. The molecular formula is C20H21N3O7. The molecule has 0 unspecified atom stereocenters. The van der Waals surface area contributed by atoms with Gasteiger partial charge in [0.15, 0.2) is 0 Å². The van der Waals surface area contributed by atoms with Crippen molar-refractivity contribution >= 4 is 28.9 Å². The van der Waals surface area contributed by atoms with Crippen LogP contribution in [-0.4, -0.2) is 44.6 Å². The number of non-ortho nitro benzene ring substituents is 1. The third-order valence-corrected chi connectivity index (χ3v) is 4.83. The predicted octanol–water partition coefficient (Wildman–Crippen LogP) is 2.61. The second kappa shape index (κ2) is 8.68. The van der Waals surface area contributed by atoms with Crippen LogP contribution in [0.4, 0.5) is 17.1 Å². The van der Waals surface area contributed by atoms with Crippen molar-refractivity contribution in [1.82, 2.24) is 0 Å². The molecule has 1 atom stereocenters. The number of benzene rings is 2. The van der Waals surface area contributed by atoms with Crippen LogP contribution in [0, 0.1) is 16.0 Å². The molecule has 0 radical (unpaired) electrons. The van der Waals surface area contributed by atoms with Crippen LogP contribution in [0.15, 0.2) is 36.4 Å². The molecule has 2 amide bonds. The van der Waals surface area contributed by atoms with Crippen LogP contribution in [0.5, 0.6) is 17.2 Å². The fourth-order valence-electron chi connectivity index (χ4n) is 3.26. The number of carbonyl (C=O) groups excluding carboxylic acids is 2. The average molecular weight is 415 g/mol. The molecule has 0 bridgehead atoms. The number of hydrogen-bond acceptors (Lipinski definition) is 7. The summed E-state index contributed by atoms with van der Waals surface area (Å²) in [4.78, 5) is 37.2. The van der Waals surface area contributed by atoms with Gasteiger partial charge in [-0.1, -0.05) is 0 Å². The molecule has 30 heavy (non-hydrogen) atoms. The molecule has 0 saturated carbocycles. The van der Waals surface area contributed by atoms with Gasteiger partial charge in [-0.15, -0.1) is 0 Å². The molecule has 2 aromatic rings. The molecule has 3 rings (SSSR count). The molecule has 1 N–H and O–H groups in total. The normalized spacial score (nSPS) is 15.6. The number of nitrogens with one attached hydrogen (secondary N) is 1. The molecule has 1 fully saturated rings. The summed E-state index contributed by atoms with van der Waals surface area (Å²) in [5.74, 6) is -0.0249. The molecule has 0 aromatic heterocycles. The largest absolute Gasteiger partial charge is 0.497 e. The molecule has 0 aliphatic carbocycles. The van der Waals surface area contributed by atoms with Gasteiger partial charge in [0.2, 0.25) is 11.8 Å². The van der Waals surface area contributed by atoms with Crippen LogP contribution in [0.2, 0.25) is 0 Å². The van der Waals surface area contributed by atoms with Crippen molar-refractivity contribution in [2.24, 2.45) is 5.92 Å². The summed E-state index contributed by atoms with van der Waals surface area (Å²) in [5, 5.41) is 13.6. The first-order valence-corrected chi connectivity index (χ1v) is 9.03. The van der Waals surface area contributed by atoms with Gasteiger partial charge < -0.3 is 24.4 Å². The van der Waals surface area contributed by atoms with Crippen LogP contribution in [-0.2, 0) is 9.59 Å². The number of carbonyl (C=O) groups is 2. The fraction of sp³-hybridized carbons (Fsp3) is 0.300. The molecule has 1 heterocycles. The summed E-state index contributed by atoms with van der Waals surface area (Å²) >= 11 is 0. The Kier molecular flexibility index (Phi) is 6.05. The van der Waals surface area contributed by atoms with Crippen molar-refractivity contribution in [2.75, 3.05) is 38.1 Å². The molecule has 158 valence electrons. The van der Waals surface area contributed by atoms with E-state index in [0.717, 1.165) is 0 Å². The maximum absolute atomic E-state index is 12.8. The van der Waals surface area contributed by atoms with Gasteiger partial charge in [0.05, 0.1) is 49.6 Å². The highest BCUT2D eigenvalue weighted by Gasteiger charge is 2.36. The first-order chi connectivity index (χ1) is 14.4. The molecular weight excluding hydrogens is 394 g/mol. The Morgan fingerprint density at radius 1 is 1.10 bits per heavy atom. The zero-order valence-corrected chi connectivity index (χ0v) is 16.7. The van der Waals surface area contributed by atoms with Crippen LogP contribution >= 0.6 is 0 Å². The van der Waals surface area contributed by atoms with Crippen LogP contribution in [0.25, 0.3) is 0 Å². The lowest BCUT2D eigenvalue weighted by Crippen LogP contribution is -2.28. The Balaban J connectivity index is 1.79. The van der Waals surface area contributed by atoms with E-state index in [9.17, 15) is 19.7 Å². The first kappa shape index (κ1) is 20.9. The van der Waals surface area contributed by atoms with Gasteiger partial charge in [-0.2, -0.15) is 0 Å². The Morgan fingerprint density at radius 3 is 2.47 bits per heavy atom. The van der Waals surface area contributed by atoms with Crippen molar-refractivity contribution < 1.29 is 28.7 Å². The van der Waals surface area contributed by atoms with E-state index in [2.05, 4.69) is 5.32 Å². The number of nitro groups is 1. The number of ether oxygens (including phenoxy) is 3. The van der Waals surface area contributed by atoms with Crippen molar-refractivity contribution in [3.05, 3.63) is 46.5 Å². The summed E-state index contributed by atoms with van der Waals surface area (Å²) in [6.07, 6.45) is 0.0154. The second-order valence-electron chi connectivity index (χ2n) is 6.57. The lowest BCUT2D eigenvalue weighted by Gasteiger charge is -2.20. The maximum atomic E-state index is 12.8. The van der Waals surface area contributed by atoms with E-state index in [1.165, 1.54) is 44.4 Å². The van der Waals surface area contributed by atoms with E-state index in [1.54, 1.807) is 18.2 Å². The van der Waals surface area contributed by atoms with E-state index in [0.29, 0.717) is 17.2 Å². The SMILES string of the molecule is COc1ccc(OC)c(N2C[C@H](C(=O)Nc3ccc([N+](=O)[O-])cc3OC)CC2=O)c1.